The second-order valence-corrected chi connectivity index (χ2v) is 8.81. The Hall–Kier alpha value is -2.43. The first-order valence-electron chi connectivity index (χ1n) is 10.7. The van der Waals surface area contributed by atoms with Crippen LogP contribution in [0.5, 0.6) is 0 Å². The second-order valence-electron chi connectivity index (χ2n) is 8.03. The first kappa shape index (κ1) is 18.6. The number of thiophene rings is 1. The Bertz CT molecular complexity index is 1070. The van der Waals surface area contributed by atoms with Crippen LogP contribution in [0.1, 0.15) is 25.7 Å². The van der Waals surface area contributed by atoms with Gasteiger partial charge in [0.05, 0.1) is 0 Å². The summed E-state index contributed by atoms with van der Waals surface area (Å²) < 4.78 is 2.45. The predicted octanol–water partition coefficient (Wildman–Crippen LogP) is 5.73. The molecule has 5 rings (SSSR count). The topological polar surface area (TPSA) is 22.3 Å². The lowest BCUT2D eigenvalue weighted by molar-refractivity contribution is -0.376. The molecule has 1 saturated heterocycles. The highest BCUT2D eigenvalue weighted by Crippen LogP contribution is 2.32. The van der Waals surface area contributed by atoms with E-state index >= 15 is 0 Å². The van der Waals surface area contributed by atoms with E-state index in [1.165, 1.54) is 78.5 Å². The smallest absolute Gasteiger partial charge is 0.174 e. The molecule has 1 aliphatic heterocycles. The van der Waals surface area contributed by atoms with Crippen LogP contribution in [0.15, 0.2) is 65.7 Å². The molecular weight excluding hydrogens is 374 g/mol. The first-order chi connectivity index (χ1) is 14.4. The van der Waals surface area contributed by atoms with E-state index < -0.39 is 0 Å². The van der Waals surface area contributed by atoms with Crippen molar-refractivity contribution < 1.29 is 4.98 Å². The van der Waals surface area contributed by atoms with Crippen molar-refractivity contribution in [3.8, 4) is 22.3 Å². The van der Waals surface area contributed by atoms with Crippen LogP contribution in [0.3, 0.4) is 0 Å². The van der Waals surface area contributed by atoms with Crippen LogP contribution in [-0.2, 0) is 6.54 Å². The van der Waals surface area contributed by atoms with Gasteiger partial charge in [-0.15, -0.1) is 0 Å². The Morgan fingerprint density at radius 2 is 1.76 bits per heavy atom. The van der Waals surface area contributed by atoms with E-state index in [1.807, 2.05) is 0 Å². The number of nitrogens with one attached hydrogen (secondary N) is 1. The van der Waals surface area contributed by atoms with Crippen molar-refractivity contribution in [1.29, 1.82) is 0 Å². The molecule has 0 amide bonds. The zero-order valence-electron chi connectivity index (χ0n) is 16.8. The molecule has 0 spiro atoms. The van der Waals surface area contributed by atoms with Gasteiger partial charge in [0.1, 0.15) is 0 Å². The van der Waals surface area contributed by atoms with Crippen molar-refractivity contribution in [2.45, 2.75) is 32.2 Å². The molecule has 1 aromatic carbocycles. The van der Waals surface area contributed by atoms with Gasteiger partial charge in [-0.3, -0.25) is 0 Å². The fourth-order valence-electron chi connectivity index (χ4n) is 4.53. The fraction of sp³-hybridized carbons (Fsp3) is 0.320. The van der Waals surface area contributed by atoms with E-state index in [-0.39, 0.29) is 0 Å². The summed E-state index contributed by atoms with van der Waals surface area (Å²) in [6.45, 7) is 4.85. The molecule has 29 heavy (non-hydrogen) atoms. The molecule has 4 aromatic rings. The van der Waals surface area contributed by atoms with Gasteiger partial charge < -0.3 is 9.47 Å². The molecule has 0 bridgehead atoms. The lowest BCUT2D eigenvalue weighted by atomic mass is 10.0. The minimum atomic E-state index is 1.07. The zero-order chi connectivity index (χ0) is 19.5. The van der Waals surface area contributed by atoms with Crippen molar-refractivity contribution in [1.82, 2.24) is 9.47 Å². The highest BCUT2D eigenvalue weighted by Gasteiger charge is 2.14. The van der Waals surface area contributed by atoms with Gasteiger partial charge in [0.15, 0.2) is 12.4 Å². The van der Waals surface area contributed by atoms with Gasteiger partial charge in [0.25, 0.3) is 0 Å². The Labute approximate surface area is 176 Å². The van der Waals surface area contributed by atoms with Gasteiger partial charge in [-0.1, -0.05) is 24.6 Å². The number of H-pyrrole nitrogens is 1. The summed E-state index contributed by atoms with van der Waals surface area (Å²) in [5, 5.41) is 5.67. The number of hydrogen-bond donors (Lipinski definition) is 0. The Balaban J connectivity index is 1.42. The van der Waals surface area contributed by atoms with Crippen LogP contribution in [0.4, 0.5) is 0 Å². The van der Waals surface area contributed by atoms with E-state index in [9.17, 15) is 0 Å². The van der Waals surface area contributed by atoms with Gasteiger partial charge in [0, 0.05) is 40.3 Å². The number of fused-ring (bicyclic) bond motifs is 1. The SMILES string of the molecule is c1ccc2c(c1)c(-c1c[nH+]cc(-c3ccsc3)c1)cn2CCCN1CCCCC1. The van der Waals surface area contributed by atoms with E-state index in [0.717, 1.165) is 6.54 Å². The third-order valence-corrected chi connectivity index (χ3v) is 6.75. The van der Waals surface area contributed by atoms with Crippen LogP contribution >= 0.6 is 11.3 Å². The third-order valence-electron chi connectivity index (χ3n) is 6.06. The van der Waals surface area contributed by atoms with Gasteiger partial charge in [-0.2, -0.15) is 11.3 Å². The Morgan fingerprint density at radius 3 is 2.62 bits per heavy atom. The van der Waals surface area contributed by atoms with Crippen molar-refractivity contribution in [3.05, 3.63) is 65.7 Å². The molecular formula is C25H28N3S+. The number of aryl methyl sites for hydroxylation is 1. The third kappa shape index (κ3) is 4.00. The normalized spacial score (nSPS) is 15.2. The van der Waals surface area contributed by atoms with Crippen LogP contribution in [0, 0.1) is 0 Å². The molecule has 3 nitrogen and oxygen atoms in total. The summed E-state index contributed by atoms with van der Waals surface area (Å²) in [5.41, 5.74) is 6.41. The molecule has 0 saturated carbocycles. The number of piperidine rings is 1. The van der Waals surface area contributed by atoms with E-state index in [2.05, 4.69) is 80.2 Å². The average molecular weight is 403 g/mol. The number of rotatable bonds is 6. The molecule has 0 aliphatic carbocycles. The summed E-state index contributed by atoms with van der Waals surface area (Å²) in [7, 11) is 0. The maximum Gasteiger partial charge on any atom is 0.174 e. The van der Waals surface area contributed by atoms with Gasteiger partial charge >= 0.3 is 0 Å². The van der Waals surface area contributed by atoms with E-state index in [4.69, 9.17) is 0 Å². The average Bonchev–Trinajstić information content (AvgIpc) is 3.44. The second kappa shape index (κ2) is 8.52. The minimum absolute atomic E-state index is 1.07. The number of para-hydroxylation sites is 1. The van der Waals surface area contributed by atoms with Crippen molar-refractivity contribution >= 4 is 22.2 Å². The lowest BCUT2D eigenvalue weighted by Gasteiger charge is -2.26. The van der Waals surface area contributed by atoms with Gasteiger partial charge in [-0.25, -0.2) is 4.98 Å². The Morgan fingerprint density at radius 1 is 0.897 bits per heavy atom. The Kier molecular flexibility index (Phi) is 5.46. The number of aromatic amines is 1. The molecule has 1 aliphatic rings. The van der Waals surface area contributed by atoms with E-state index in [0.29, 0.717) is 0 Å². The number of pyridine rings is 1. The van der Waals surface area contributed by atoms with Gasteiger partial charge in [0.2, 0.25) is 0 Å². The first-order valence-corrected chi connectivity index (χ1v) is 11.7. The number of benzene rings is 1. The summed E-state index contributed by atoms with van der Waals surface area (Å²) in [4.78, 5) is 6.00. The van der Waals surface area contributed by atoms with E-state index in [1.54, 1.807) is 11.3 Å². The lowest BCUT2D eigenvalue weighted by Crippen LogP contribution is -2.31. The number of aromatic nitrogens is 2. The minimum Gasteiger partial charge on any atom is -0.347 e. The summed E-state index contributed by atoms with van der Waals surface area (Å²) in [5.74, 6) is 0. The fourth-order valence-corrected chi connectivity index (χ4v) is 5.20. The van der Waals surface area contributed by atoms with Crippen LogP contribution in [-0.4, -0.2) is 29.1 Å². The van der Waals surface area contributed by atoms with Crippen LogP contribution < -0.4 is 4.98 Å². The molecule has 4 heterocycles. The molecule has 4 heteroatoms. The molecule has 1 N–H and O–H groups in total. The standard InChI is InChI=1S/C25H27N3S/c1-4-10-27(11-5-1)12-6-13-28-18-24(23-7-2-3-8-25(23)28)22-15-21(16-26-17-22)20-9-14-29-19-20/h2-3,7-9,14-19H,1,4-6,10-13H2/p+1. The van der Waals surface area contributed by atoms with Crippen molar-refractivity contribution in [3.63, 3.8) is 0 Å². The molecule has 0 atom stereocenters. The van der Waals surface area contributed by atoms with Crippen molar-refractivity contribution in [2.75, 3.05) is 19.6 Å². The monoisotopic (exact) mass is 402 g/mol. The molecule has 148 valence electrons. The molecule has 3 aromatic heterocycles. The largest absolute Gasteiger partial charge is 0.347 e. The molecule has 0 radical (unpaired) electrons. The predicted molar refractivity (Wildman–Crippen MR) is 122 cm³/mol. The highest BCUT2D eigenvalue weighted by atomic mass is 32.1. The van der Waals surface area contributed by atoms with Crippen molar-refractivity contribution in [2.24, 2.45) is 0 Å². The quantitative estimate of drug-likeness (QED) is 0.404. The summed E-state index contributed by atoms with van der Waals surface area (Å²) in [6.07, 6.45) is 11.9. The number of likely N-dealkylation sites (tertiary alicyclic amines) is 1. The maximum atomic E-state index is 3.37. The number of hydrogen-bond acceptors (Lipinski definition) is 2. The zero-order valence-corrected chi connectivity index (χ0v) is 17.6. The summed E-state index contributed by atoms with van der Waals surface area (Å²) >= 11 is 1.74. The van der Waals surface area contributed by atoms with Crippen LogP contribution in [0.25, 0.3) is 33.2 Å². The van der Waals surface area contributed by atoms with Crippen LogP contribution in [0.2, 0.25) is 0 Å². The van der Waals surface area contributed by atoms with Gasteiger partial charge in [-0.05, 0) is 73.4 Å². The highest BCUT2D eigenvalue weighted by molar-refractivity contribution is 7.08. The summed E-state index contributed by atoms with van der Waals surface area (Å²) in [6, 6.07) is 13.3. The maximum absolute atomic E-state index is 3.37. The number of nitrogens with zero attached hydrogens (tertiary/aromatic N) is 2. The molecule has 0 unspecified atom stereocenters. The molecule has 1 fully saturated rings.